The quantitative estimate of drug-likeness (QED) is 0.859. The van der Waals surface area contributed by atoms with Gasteiger partial charge in [-0.1, -0.05) is 24.6 Å². The SMILES string of the molecule is CCC(C)N(CC)c1ccc([C@@H](C)O)cc1Cl. The third-order valence-corrected chi connectivity index (χ3v) is 3.53. The van der Waals surface area contributed by atoms with Crippen molar-refractivity contribution in [3.8, 4) is 0 Å². The van der Waals surface area contributed by atoms with Gasteiger partial charge in [-0.2, -0.15) is 0 Å². The van der Waals surface area contributed by atoms with Crippen molar-refractivity contribution in [3.05, 3.63) is 28.8 Å². The minimum Gasteiger partial charge on any atom is -0.389 e. The van der Waals surface area contributed by atoms with E-state index in [0.29, 0.717) is 11.1 Å². The van der Waals surface area contributed by atoms with Gasteiger partial charge in [0.1, 0.15) is 0 Å². The maximum atomic E-state index is 9.52. The van der Waals surface area contributed by atoms with Crippen LogP contribution in [0.15, 0.2) is 18.2 Å². The van der Waals surface area contributed by atoms with Crippen molar-refractivity contribution < 1.29 is 5.11 Å². The average molecular weight is 256 g/mol. The second kappa shape index (κ2) is 6.27. The number of nitrogens with zero attached hydrogens (tertiary/aromatic N) is 1. The molecule has 0 spiro atoms. The number of rotatable bonds is 5. The molecule has 0 saturated heterocycles. The molecule has 0 aliphatic carbocycles. The molecule has 0 aromatic heterocycles. The Morgan fingerprint density at radius 2 is 1.94 bits per heavy atom. The van der Waals surface area contributed by atoms with E-state index in [1.807, 2.05) is 18.2 Å². The molecule has 0 fully saturated rings. The van der Waals surface area contributed by atoms with E-state index < -0.39 is 6.10 Å². The van der Waals surface area contributed by atoms with Crippen LogP contribution in [0, 0.1) is 0 Å². The number of benzene rings is 1. The van der Waals surface area contributed by atoms with Crippen LogP contribution >= 0.6 is 11.6 Å². The fourth-order valence-electron chi connectivity index (χ4n) is 1.96. The van der Waals surface area contributed by atoms with E-state index >= 15 is 0 Å². The van der Waals surface area contributed by atoms with Gasteiger partial charge in [0.05, 0.1) is 16.8 Å². The summed E-state index contributed by atoms with van der Waals surface area (Å²) in [4.78, 5) is 2.29. The predicted molar refractivity (Wildman–Crippen MR) is 74.9 cm³/mol. The molecule has 3 heteroatoms. The number of halogens is 1. The van der Waals surface area contributed by atoms with Crippen molar-refractivity contribution in [3.63, 3.8) is 0 Å². The van der Waals surface area contributed by atoms with Crippen LogP contribution in [-0.2, 0) is 0 Å². The van der Waals surface area contributed by atoms with Gasteiger partial charge in [-0.25, -0.2) is 0 Å². The lowest BCUT2D eigenvalue weighted by Crippen LogP contribution is -2.32. The van der Waals surface area contributed by atoms with E-state index in [9.17, 15) is 5.11 Å². The second-order valence-electron chi connectivity index (χ2n) is 4.43. The first-order valence-corrected chi connectivity index (χ1v) is 6.63. The molecule has 1 rings (SSSR count). The Hall–Kier alpha value is -0.730. The third kappa shape index (κ3) is 3.36. The maximum absolute atomic E-state index is 9.52. The summed E-state index contributed by atoms with van der Waals surface area (Å²) < 4.78 is 0. The number of hydrogen-bond acceptors (Lipinski definition) is 2. The number of hydrogen-bond donors (Lipinski definition) is 1. The molecule has 0 saturated carbocycles. The highest BCUT2D eigenvalue weighted by Gasteiger charge is 2.15. The largest absolute Gasteiger partial charge is 0.389 e. The van der Waals surface area contributed by atoms with Gasteiger partial charge < -0.3 is 10.0 Å². The molecule has 0 aliphatic rings. The van der Waals surface area contributed by atoms with Gasteiger partial charge >= 0.3 is 0 Å². The van der Waals surface area contributed by atoms with Gasteiger partial charge in [0.25, 0.3) is 0 Å². The minimum atomic E-state index is -0.472. The summed E-state index contributed by atoms with van der Waals surface area (Å²) in [5.41, 5.74) is 1.91. The molecule has 1 unspecified atom stereocenters. The van der Waals surface area contributed by atoms with Crippen LogP contribution in [0.25, 0.3) is 0 Å². The summed E-state index contributed by atoms with van der Waals surface area (Å²) in [6.07, 6.45) is 0.614. The molecule has 0 bridgehead atoms. The van der Waals surface area contributed by atoms with E-state index in [-0.39, 0.29) is 0 Å². The van der Waals surface area contributed by atoms with Crippen molar-refractivity contribution in [2.75, 3.05) is 11.4 Å². The first-order valence-electron chi connectivity index (χ1n) is 6.25. The zero-order valence-electron chi connectivity index (χ0n) is 11.1. The molecule has 2 atom stereocenters. The molecule has 96 valence electrons. The fraction of sp³-hybridized carbons (Fsp3) is 0.571. The highest BCUT2D eigenvalue weighted by molar-refractivity contribution is 6.33. The van der Waals surface area contributed by atoms with Crippen LogP contribution in [0.4, 0.5) is 5.69 Å². The first kappa shape index (κ1) is 14.3. The number of aliphatic hydroxyl groups is 1. The monoisotopic (exact) mass is 255 g/mol. The number of anilines is 1. The van der Waals surface area contributed by atoms with Crippen molar-refractivity contribution in [2.45, 2.75) is 46.3 Å². The molecule has 2 nitrogen and oxygen atoms in total. The lowest BCUT2D eigenvalue weighted by molar-refractivity contribution is 0.199. The van der Waals surface area contributed by atoms with E-state index in [1.54, 1.807) is 6.92 Å². The molecule has 1 N–H and O–H groups in total. The third-order valence-electron chi connectivity index (χ3n) is 3.23. The van der Waals surface area contributed by atoms with Gasteiger partial charge in [-0.15, -0.1) is 0 Å². The topological polar surface area (TPSA) is 23.5 Å². The Kier molecular flexibility index (Phi) is 5.29. The van der Waals surface area contributed by atoms with Gasteiger partial charge in [0.2, 0.25) is 0 Å². The molecule has 1 aromatic carbocycles. The van der Waals surface area contributed by atoms with E-state index in [2.05, 4.69) is 25.7 Å². The van der Waals surface area contributed by atoms with Crippen LogP contribution in [0.2, 0.25) is 5.02 Å². The van der Waals surface area contributed by atoms with Crippen molar-refractivity contribution in [1.82, 2.24) is 0 Å². The lowest BCUT2D eigenvalue weighted by atomic mass is 10.1. The van der Waals surface area contributed by atoms with E-state index in [4.69, 9.17) is 11.6 Å². The molecule has 0 amide bonds. The molecular formula is C14H22ClNO. The Balaban J connectivity index is 3.05. The Labute approximate surface area is 109 Å². The minimum absolute atomic E-state index is 0.468. The van der Waals surface area contributed by atoms with Crippen LogP contribution in [-0.4, -0.2) is 17.7 Å². The van der Waals surface area contributed by atoms with Crippen molar-refractivity contribution in [1.29, 1.82) is 0 Å². The summed E-state index contributed by atoms with van der Waals surface area (Å²) >= 11 is 6.30. The summed E-state index contributed by atoms with van der Waals surface area (Å²) in [6.45, 7) is 9.18. The van der Waals surface area contributed by atoms with Crippen LogP contribution in [0.3, 0.4) is 0 Å². The second-order valence-corrected chi connectivity index (χ2v) is 4.84. The lowest BCUT2D eigenvalue weighted by Gasteiger charge is -2.30. The Morgan fingerprint density at radius 3 is 2.35 bits per heavy atom. The summed E-state index contributed by atoms with van der Waals surface area (Å²) in [5, 5.41) is 10.2. The smallest absolute Gasteiger partial charge is 0.0762 e. The molecule has 1 aromatic rings. The van der Waals surface area contributed by atoms with E-state index in [1.165, 1.54) is 0 Å². The van der Waals surface area contributed by atoms with Crippen LogP contribution in [0.5, 0.6) is 0 Å². The van der Waals surface area contributed by atoms with Crippen molar-refractivity contribution >= 4 is 17.3 Å². The van der Waals surface area contributed by atoms with Gasteiger partial charge in [0, 0.05) is 12.6 Å². The van der Waals surface area contributed by atoms with Gasteiger partial charge in [0.15, 0.2) is 0 Å². The number of aliphatic hydroxyl groups excluding tert-OH is 1. The summed E-state index contributed by atoms with van der Waals surface area (Å²) in [5.74, 6) is 0. The van der Waals surface area contributed by atoms with Crippen molar-refractivity contribution in [2.24, 2.45) is 0 Å². The molecule has 0 heterocycles. The van der Waals surface area contributed by atoms with Gasteiger partial charge in [-0.05, 0) is 44.9 Å². The standard InChI is InChI=1S/C14H22ClNO/c1-5-10(3)16(6-2)14-8-7-12(11(4)17)9-13(14)15/h7-11,17H,5-6H2,1-4H3/t10?,11-/m1/s1. The fourth-order valence-corrected chi connectivity index (χ4v) is 2.25. The average Bonchev–Trinajstić information content (AvgIpc) is 2.31. The first-order chi connectivity index (χ1) is 8.01. The Morgan fingerprint density at radius 1 is 1.29 bits per heavy atom. The summed E-state index contributed by atoms with van der Waals surface area (Å²) in [6, 6.07) is 6.26. The summed E-state index contributed by atoms with van der Waals surface area (Å²) in [7, 11) is 0. The van der Waals surface area contributed by atoms with Gasteiger partial charge in [-0.3, -0.25) is 0 Å². The molecule has 0 radical (unpaired) electrons. The van der Waals surface area contributed by atoms with E-state index in [0.717, 1.165) is 24.2 Å². The zero-order valence-corrected chi connectivity index (χ0v) is 11.8. The zero-order chi connectivity index (χ0) is 13.0. The highest BCUT2D eigenvalue weighted by Crippen LogP contribution is 2.30. The predicted octanol–water partition coefficient (Wildman–Crippen LogP) is 4.02. The van der Waals surface area contributed by atoms with Crippen LogP contribution < -0.4 is 4.90 Å². The highest BCUT2D eigenvalue weighted by atomic mass is 35.5. The van der Waals surface area contributed by atoms with Crippen LogP contribution in [0.1, 0.15) is 45.8 Å². The molecular weight excluding hydrogens is 234 g/mol. The maximum Gasteiger partial charge on any atom is 0.0762 e. The molecule has 17 heavy (non-hydrogen) atoms. The normalized spacial score (nSPS) is 14.5. The Bertz CT molecular complexity index is 365. The molecule has 0 aliphatic heterocycles.